The molecule has 0 atom stereocenters. The Hall–Kier alpha value is -1.46. The summed E-state index contributed by atoms with van der Waals surface area (Å²) in [5.74, 6) is 1.58. The van der Waals surface area contributed by atoms with Gasteiger partial charge in [-0.25, -0.2) is 0 Å². The van der Waals surface area contributed by atoms with Crippen LogP contribution in [-0.2, 0) is 6.54 Å². The van der Waals surface area contributed by atoms with Crippen LogP contribution in [0.5, 0.6) is 17.2 Å². The molecule has 0 fully saturated rings. The monoisotopic (exact) mass is 280 g/mol. The van der Waals surface area contributed by atoms with Gasteiger partial charge in [-0.05, 0) is 38.7 Å². The highest BCUT2D eigenvalue weighted by atomic mass is 16.7. The summed E-state index contributed by atoms with van der Waals surface area (Å²) in [6.07, 6.45) is 1.10. The minimum absolute atomic E-state index is 0.232. The first kappa shape index (κ1) is 14.9. The van der Waals surface area contributed by atoms with Crippen LogP contribution in [0.15, 0.2) is 12.1 Å². The predicted molar refractivity (Wildman–Crippen MR) is 78.3 cm³/mol. The Kier molecular flexibility index (Phi) is 5.49. The first-order valence-corrected chi connectivity index (χ1v) is 7.29. The van der Waals surface area contributed by atoms with Gasteiger partial charge in [0, 0.05) is 18.2 Å². The van der Waals surface area contributed by atoms with Crippen molar-refractivity contribution in [3.05, 3.63) is 17.7 Å². The molecule has 0 spiro atoms. The Morgan fingerprint density at radius 3 is 2.60 bits per heavy atom. The summed E-state index contributed by atoms with van der Waals surface area (Å²) in [6.45, 7) is 9.47. The van der Waals surface area contributed by atoms with Crippen molar-refractivity contribution < 1.29 is 14.6 Å². The molecule has 1 aromatic carbocycles. The lowest BCUT2D eigenvalue weighted by Gasteiger charge is -2.17. The minimum atomic E-state index is 0.232. The molecule has 1 heterocycles. The number of aromatic hydroxyl groups is 1. The van der Waals surface area contributed by atoms with E-state index in [1.165, 1.54) is 0 Å². The highest BCUT2D eigenvalue weighted by molar-refractivity contribution is 5.51. The lowest BCUT2D eigenvalue weighted by molar-refractivity contribution is 0.174. The molecular formula is C15H24N2O3. The number of nitrogens with one attached hydrogen (secondary N) is 1. The van der Waals surface area contributed by atoms with Gasteiger partial charge < -0.3 is 24.8 Å². The van der Waals surface area contributed by atoms with Crippen LogP contribution in [0.2, 0.25) is 0 Å². The number of fused-ring (bicyclic) bond motifs is 1. The van der Waals surface area contributed by atoms with E-state index in [-0.39, 0.29) is 12.5 Å². The molecule has 0 amide bonds. The third-order valence-corrected chi connectivity index (χ3v) is 3.61. The van der Waals surface area contributed by atoms with Crippen LogP contribution >= 0.6 is 0 Å². The number of ether oxygens (including phenoxy) is 2. The van der Waals surface area contributed by atoms with Gasteiger partial charge in [-0.2, -0.15) is 0 Å². The second-order valence-corrected chi connectivity index (χ2v) is 4.89. The normalized spacial score (nSPS) is 13.2. The molecule has 5 nitrogen and oxygen atoms in total. The van der Waals surface area contributed by atoms with E-state index in [9.17, 15) is 5.11 Å². The Balaban J connectivity index is 1.74. The molecule has 2 rings (SSSR count). The molecule has 112 valence electrons. The van der Waals surface area contributed by atoms with Gasteiger partial charge in [-0.1, -0.05) is 13.8 Å². The number of phenolic OH excluding ortho intramolecular Hbond substituents is 1. The number of rotatable bonds is 8. The van der Waals surface area contributed by atoms with Gasteiger partial charge in [0.25, 0.3) is 0 Å². The molecule has 0 radical (unpaired) electrons. The average molecular weight is 280 g/mol. The second kappa shape index (κ2) is 7.36. The van der Waals surface area contributed by atoms with Crippen molar-refractivity contribution in [3.63, 3.8) is 0 Å². The lowest BCUT2D eigenvalue weighted by Crippen LogP contribution is -2.27. The summed E-state index contributed by atoms with van der Waals surface area (Å²) in [5.41, 5.74) is 0.845. The molecule has 0 saturated heterocycles. The fourth-order valence-corrected chi connectivity index (χ4v) is 2.31. The summed E-state index contributed by atoms with van der Waals surface area (Å²) in [4.78, 5) is 2.40. The molecule has 5 heteroatoms. The standard InChI is InChI=1S/C15H24N2O3/c1-3-17(4-2)7-5-6-16-10-12-8-14-15(9-13(12)18)20-11-19-14/h8-9,16,18H,3-7,10-11H2,1-2H3. The van der Waals surface area contributed by atoms with Gasteiger partial charge in [0.05, 0.1) is 0 Å². The third-order valence-electron chi connectivity index (χ3n) is 3.61. The van der Waals surface area contributed by atoms with E-state index in [1.807, 2.05) is 6.07 Å². The lowest BCUT2D eigenvalue weighted by atomic mass is 10.1. The summed E-state index contributed by atoms with van der Waals surface area (Å²) in [7, 11) is 0. The van der Waals surface area contributed by atoms with E-state index in [1.54, 1.807) is 6.07 Å². The molecule has 1 aliphatic heterocycles. The van der Waals surface area contributed by atoms with Crippen molar-refractivity contribution in [2.45, 2.75) is 26.8 Å². The summed E-state index contributed by atoms with van der Waals surface area (Å²) < 4.78 is 10.5. The van der Waals surface area contributed by atoms with Crippen LogP contribution in [0.25, 0.3) is 0 Å². The summed E-state index contributed by atoms with van der Waals surface area (Å²) >= 11 is 0. The van der Waals surface area contributed by atoms with E-state index in [0.29, 0.717) is 18.0 Å². The average Bonchev–Trinajstić information content (AvgIpc) is 2.90. The SMILES string of the molecule is CCN(CC)CCCNCc1cc2c(cc1O)OCO2. The summed E-state index contributed by atoms with van der Waals surface area (Å²) in [5, 5.41) is 13.3. The van der Waals surface area contributed by atoms with E-state index in [4.69, 9.17) is 9.47 Å². The Morgan fingerprint density at radius 1 is 1.20 bits per heavy atom. The van der Waals surface area contributed by atoms with Crippen molar-refractivity contribution in [1.82, 2.24) is 10.2 Å². The van der Waals surface area contributed by atoms with Crippen molar-refractivity contribution in [3.8, 4) is 17.2 Å². The molecule has 2 N–H and O–H groups in total. The third kappa shape index (κ3) is 3.77. The molecular weight excluding hydrogens is 256 g/mol. The fraction of sp³-hybridized carbons (Fsp3) is 0.600. The van der Waals surface area contributed by atoms with Crippen LogP contribution in [0.1, 0.15) is 25.8 Å². The zero-order chi connectivity index (χ0) is 14.4. The van der Waals surface area contributed by atoms with Crippen molar-refractivity contribution in [1.29, 1.82) is 0 Å². The summed E-state index contributed by atoms with van der Waals surface area (Å²) in [6, 6.07) is 3.46. The maximum atomic E-state index is 9.91. The number of benzene rings is 1. The van der Waals surface area contributed by atoms with Gasteiger partial charge in [0.15, 0.2) is 11.5 Å². The molecule has 20 heavy (non-hydrogen) atoms. The fourth-order valence-electron chi connectivity index (χ4n) is 2.31. The number of nitrogens with zero attached hydrogens (tertiary/aromatic N) is 1. The first-order chi connectivity index (χ1) is 9.74. The number of hydrogen-bond donors (Lipinski definition) is 2. The van der Waals surface area contributed by atoms with Crippen LogP contribution < -0.4 is 14.8 Å². The largest absolute Gasteiger partial charge is 0.507 e. The van der Waals surface area contributed by atoms with E-state index < -0.39 is 0 Å². The molecule has 0 saturated carbocycles. The van der Waals surface area contributed by atoms with Crippen LogP contribution in [0, 0.1) is 0 Å². The van der Waals surface area contributed by atoms with Crippen molar-refractivity contribution in [2.24, 2.45) is 0 Å². The zero-order valence-electron chi connectivity index (χ0n) is 12.3. The van der Waals surface area contributed by atoms with Gasteiger partial charge in [0.2, 0.25) is 6.79 Å². The minimum Gasteiger partial charge on any atom is -0.507 e. The second-order valence-electron chi connectivity index (χ2n) is 4.89. The zero-order valence-corrected chi connectivity index (χ0v) is 12.3. The molecule has 0 aliphatic carbocycles. The van der Waals surface area contributed by atoms with Gasteiger partial charge in [0.1, 0.15) is 5.75 Å². The molecule has 0 aromatic heterocycles. The number of phenols is 1. The molecule has 0 unspecified atom stereocenters. The van der Waals surface area contributed by atoms with Crippen molar-refractivity contribution >= 4 is 0 Å². The smallest absolute Gasteiger partial charge is 0.231 e. The number of hydrogen-bond acceptors (Lipinski definition) is 5. The van der Waals surface area contributed by atoms with Gasteiger partial charge in [-0.3, -0.25) is 0 Å². The highest BCUT2D eigenvalue weighted by Crippen LogP contribution is 2.37. The Labute approximate surface area is 120 Å². The highest BCUT2D eigenvalue weighted by Gasteiger charge is 2.16. The van der Waals surface area contributed by atoms with E-state index in [2.05, 4.69) is 24.1 Å². The van der Waals surface area contributed by atoms with Crippen molar-refractivity contribution in [2.75, 3.05) is 33.0 Å². The molecule has 1 aromatic rings. The van der Waals surface area contributed by atoms with E-state index in [0.717, 1.165) is 38.2 Å². The van der Waals surface area contributed by atoms with Gasteiger partial charge >= 0.3 is 0 Å². The quantitative estimate of drug-likeness (QED) is 0.713. The predicted octanol–water partition coefficient (Wildman–Crippen LogP) is 1.94. The van der Waals surface area contributed by atoms with Crippen LogP contribution in [0.4, 0.5) is 0 Å². The topological polar surface area (TPSA) is 54.0 Å². The van der Waals surface area contributed by atoms with Crippen LogP contribution in [0.3, 0.4) is 0 Å². The Bertz CT molecular complexity index is 433. The van der Waals surface area contributed by atoms with E-state index >= 15 is 0 Å². The molecule has 0 bridgehead atoms. The maximum absolute atomic E-state index is 9.91. The Morgan fingerprint density at radius 2 is 1.90 bits per heavy atom. The van der Waals surface area contributed by atoms with Crippen LogP contribution in [-0.4, -0.2) is 43.0 Å². The maximum Gasteiger partial charge on any atom is 0.231 e. The first-order valence-electron chi connectivity index (χ1n) is 7.29. The molecule has 1 aliphatic rings. The van der Waals surface area contributed by atoms with Gasteiger partial charge in [-0.15, -0.1) is 0 Å².